The molecule has 0 saturated heterocycles. The number of fused-ring (bicyclic) bond motifs is 1. The van der Waals surface area contributed by atoms with Gasteiger partial charge in [-0.3, -0.25) is 4.79 Å². The van der Waals surface area contributed by atoms with Crippen LogP contribution in [0.4, 0.5) is 0 Å². The molecule has 0 amide bonds. The van der Waals surface area contributed by atoms with Gasteiger partial charge in [0.25, 0.3) is 0 Å². The van der Waals surface area contributed by atoms with Crippen LogP contribution >= 0.6 is 0 Å². The van der Waals surface area contributed by atoms with Crippen LogP contribution in [0.25, 0.3) is 10.8 Å². The first kappa shape index (κ1) is 14.5. The van der Waals surface area contributed by atoms with Crippen molar-refractivity contribution in [1.82, 2.24) is 0 Å². The van der Waals surface area contributed by atoms with Crippen LogP contribution in [-0.4, -0.2) is 37.3 Å². The van der Waals surface area contributed by atoms with E-state index in [-0.39, 0.29) is 13.2 Å². The van der Waals surface area contributed by atoms with Gasteiger partial charge < -0.3 is 14.6 Å². The highest BCUT2D eigenvalue weighted by Crippen LogP contribution is 2.26. The van der Waals surface area contributed by atoms with Gasteiger partial charge in [-0.2, -0.15) is 0 Å². The van der Waals surface area contributed by atoms with Crippen molar-refractivity contribution >= 4 is 17.1 Å². The number of carbonyl (C=O) groups excluding carboxylic acids is 1. The molecule has 20 heavy (non-hydrogen) atoms. The van der Waals surface area contributed by atoms with E-state index in [2.05, 4.69) is 0 Å². The Morgan fingerprint density at radius 1 is 1.20 bits per heavy atom. The van der Waals surface area contributed by atoms with E-state index in [9.17, 15) is 9.90 Å². The largest absolute Gasteiger partial charge is 0.490 e. The maximum absolute atomic E-state index is 11.3. The third kappa shape index (κ3) is 3.35. The minimum absolute atomic E-state index is 0.0964. The zero-order valence-electron chi connectivity index (χ0n) is 11.4. The van der Waals surface area contributed by atoms with Crippen molar-refractivity contribution in [1.29, 1.82) is 0 Å². The molecule has 0 heterocycles. The van der Waals surface area contributed by atoms with Crippen molar-refractivity contribution in [3.8, 4) is 5.75 Å². The number of carbonyl (C=O) groups is 1. The maximum atomic E-state index is 11.3. The number of benzene rings is 2. The fraction of sp³-hybridized carbons (Fsp3) is 0.312. The SMILES string of the molecule is CCOCC(O)COc1ccc2ccccc2c1C=O. The molecule has 0 fully saturated rings. The number of aliphatic hydroxyl groups excluding tert-OH is 1. The van der Waals surface area contributed by atoms with Crippen LogP contribution < -0.4 is 4.74 Å². The van der Waals surface area contributed by atoms with Gasteiger partial charge in [-0.1, -0.05) is 30.3 Å². The summed E-state index contributed by atoms with van der Waals surface area (Å²) in [6, 6.07) is 11.3. The molecule has 0 aliphatic carbocycles. The predicted molar refractivity (Wildman–Crippen MR) is 77.3 cm³/mol. The average Bonchev–Trinajstić information content (AvgIpc) is 2.50. The Labute approximate surface area is 117 Å². The second-order valence-electron chi connectivity index (χ2n) is 4.44. The molecular weight excluding hydrogens is 256 g/mol. The molecular formula is C16H18O4. The molecule has 0 saturated carbocycles. The summed E-state index contributed by atoms with van der Waals surface area (Å²) in [6.45, 7) is 2.73. The first-order valence-corrected chi connectivity index (χ1v) is 6.61. The van der Waals surface area contributed by atoms with E-state index in [4.69, 9.17) is 9.47 Å². The number of ether oxygens (including phenoxy) is 2. The summed E-state index contributed by atoms with van der Waals surface area (Å²) >= 11 is 0. The summed E-state index contributed by atoms with van der Waals surface area (Å²) in [5.74, 6) is 0.481. The second kappa shape index (κ2) is 7.03. The summed E-state index contributed by atoms with van der Waals surface area (Å²) in [6.07, 6.45) is 0.0768. The zero-order valence-corrected chi connectivity index (χ0v) is 11.4. The Morgan fingerprint density at radius 2 is 2.00 bits per heavy atom. The Kier molecular flexibility index (Phi) is 5.09. The van der Waals surface area contributed by atoms with E-state index < -0.39 is 6.10 Å². The third-order valence-electron chi connectivity index (χ3n) is 2.99. The van der Waals surface area contributed by atoms with Gasteiger partial charge in [0.15, 0.2) is 6.29 Å². The van der Waals surface area contributed by atoms with Gasteiger partial charge >= 0.3 is 0 Å². The molecule has 2 aromatic carbocycles. The van der Waals surface area contributed by atoms with Crippen molar-refractivity contribution in [2.24, 2.45) is 0 Å². The van der Waals surface area contributed by atoms with Crippen LogP contribution in [0.15, 0.2) is 36.4 Å². The first-order chi connectivity index (χ1) is 9.76. The smallest absolute Gasteiger partial charge is 0.154 e. The van der Waals surface area contributed by atoms with Gasteiger partial charge in [-0.25, -0.2) is 0 Å². The fourth-order valence-electron chi connectivity index (χ4n) is 2.01. The fourth-order valence-corrected chi connectivity index (χ4v) is 2.01. The lowest BCUT2D eigenvalue weighted by atomic mass is 10.0. The Bertz CT molecular complexity index is 580. The molecule has 1 atom stereocenters. The minimum atomic E-state index is -0.707. The van der Waals surface area contributed by atoms with Crippen molar-refractivity contribution in [3.63, 3.8) is 0 Å². The molecule has 0 aromatic heterocycles. The Hall–Kier alpha value is -1.91. The second-order valence-corrected chi connectivity index (χ2v) is 4.44. The summed E-state index contributed by atoms with van der Waals surface area (Å²) in [5, 5.41) is 11.5. The molecule has 0 spiro atoms. The van der Waals surface area contributed by atoms with Crippen LogP contribution in [0.5, 0.6) is 5.75 Å². The lowest BCUT2D eigenvalue weighted by Gasteiger charge is -2.14. The molecule has 0 radical (unpaired) electrons. The number of aliphatic hydroxyl groups is 1. The number of hydrogen-bond donors (Lipinski definition) is 1. The van der Waals surface area contributed by atoms with E-state index in [1.54, 1.807) is 6.07 Å². The summed E-state index contributed by atoms with van der Waals surface area (Å²) in [4.78, 5) is 11.3. The zero-order chi connectivity index (χ0) is 14.4. The van der Waals surface area contributed by atoms with Gasteiger partial charge in [-0.15, -0.1) is 0 Å². The molecule has 1 unspecified atom stereocenters. The average molecular weight is 274 g/mol. The normalized spacial score (nSPS) is 12.3. The van der Waals surface area contributed by atoms with Crippen LogP contribution in [0.1, 0.15) is 17.3 Å². The van der Waals surface area contributed by atoms with E-state index in [0.717, 1.165) is 17.1 Å². The molecule has 4 heteroatoms. The van der Waals surface area contributed by atoms with Crippen LogP contribution in [0.3, 0.4) is 0 Å². The monoisotopic (exact) mass is 274 g/mol. The van der Waals surface area contributed by atoms with E-state index in [0.29, 0.717) is 17.9 Å². The Morgan fingerprint density at radius 3 is 2.75 bits per heavy atom. The highest BCUT2D eigenvalue weighted by atomic mass is 16.5. The van der Waals surface area contributed by atoms with Gasteiger partial charge in [0, 0.05) is 6.61 Å². The highest BCUT2D eigenvalue weighted by Gasteiger charge is 2.10. The molecule has 2 aromatic rings. The van der Waals surface area contributed by atoms with Crippen molar-refractivity contribution in [2.45, 2.75) is 13.0 Å². The quantitative estimate of drug-likeness (QED) is 0.788. The van der Waals surface area contributed by atoms with Gasteiger partial charge in [0.1, 0.15) is 18.5 Å². The number of aldehydes is 1. The van der Waals surface area contributed by atoms with Crippen molar-refractivity contribution in [3.05, 3.63) is 42.0 Å². The van der Waals surface area contributed by atoms with Crippen molar-refractivity contribution in [2.75, 3.05) is 19.8 Å². The lowest BCUT2D eigenvalue weighted by molar-refractivity contribution is 0.0163. The number of hydrogen-bond acceptors (Lipinski definition) is 4. The number of rotatable bonds is 7. The molecule has 106 valence electrons. The highest BCUT2D eigenvalue weighted by molar-refractivity contribution is 6.00. The van der Waals surface area contributed by atoms with E-state index in [1.807, 2.05) is 37.3 Å². The molecule has 0 aliphatic heterocycles. The molecule has 2 rings (SSSR count). The van der Waals surface area contributed by atoms with Gasteiger partial charge in [0.2, 0.25) is 0 Å². The van der Waals surface area contributed by atoms with Crippen LogP contribution in [0.2, 0.25) is 0 Å². The van der Waals surface area contributed by atoms with Crippen molar-refractivity contribution < 1.29 is 19.4 Å². The third-order valence-corrected chi connectivity index (χ3v) is 2.99. The maximum Gasteiger partial charge on any atom is 0.154 e. The van der Waals surface area contributed by atoms with E-state index >= 15 is 0 Å². The summed E-state index contributed by atoms with van der Waals surface area (Å²) in [5.41, 5.74) is 0.506. The summed E-state index contributed by atoms with van der Waals surface area (Å²) < 4.78 is 10.6. The lowest BCUT2D eigenvalue weighted by Crippen LogP contribution is -2.23. The molecule has 1 N–H and O–H groups in total. The summed E-state index contributed by atoms with van der Waals surface area (Å²) in [7, 11) is 0. The first-order valence-electron chi connectivity index (χ1n) is 6.61. The standard InChI is InChI=1S/C16H18O4/c1-2-19-10-13(18)11-20-16-8-7-12-5-3-4-6-14(12)15(16)9-17/h3-9,13,18H,2,10-11H2,1H3. The van der Waals surface area contributed by atoms with Gasteiger partial charge in [0.05, 0.1) is 12.2 Å². The van der Waals surface area contributed by atoms with Crippen LogP contribution in [0, 0.1) is 0 Å². The molecule has 0 aliphatic rings. The topological polar surface area (TPSA) is 55.8 Å². The van der Waals surface area contributed by atoms with Crippen LogP contribution in [-0.2, 0) is 4.74 Å². The molecule has 0 bridgehead atoms. The molecule has 4 nitrogen and oxygen atoms in total. The predicted octanol–water partition coefficient (Wildman–Crippen LogP) is 2.43. The van der Waals surface area contributed by atoms with Gasteiger partial charge in [-0.05, 0) is 23.8 Å². The van der Waals surface area contributed by atoms with E-state index in [1.165, 1.54) is 0 Å². The Balaban J connectivity index is 2.15. The minimum Gasteiger partial charge on any atom is -0.490 e.